The monoisotopic (exact) mass is 527 g/mol. The number of hydrogen-bond donors (Lipinski definition) is 1. The van der Waals surface area contributed by atoms with Crippen LogP contribution in [0.25, 0.3) is 0 Å². The van der Waals surface area contributed by atoms with Crippen molar-refractivity contribution in [3.8, 4) is 5.75 Å². The molecule has 2 aliphatic heterocycles. The van der Waals surface area contributed by atoms with Gasteiger partial charge in [-0.1, -0.05) is 17.3 Å². The summed E-state index contributed by atoms with van der Waals surface area (Å²) in [6.45, 7) is 0.292. The Morgan fingerprint density at radius 3 is 2.61 bits per heavy atom. The maximum atomic E-state index is 13.4. The number of nitrogens with zero attached hydrogens (tertiary/aromatic N) is 5. The molecule has 1 aromatic heterocycles. The zero-order valence-electron chi connectivity index (χ0n) is 20.9. The molecule has 13 nitrogen and oxygen atoms in total. The minimum atomic E-state index is -0.938. The molecule has 0 bridgehead atoms. The second-order valence-corrected chi connectivity index (χ2v) is 9.68. The Kier molecular flexibility index (Phi) is 7.38. The molecule has 2 atom stereocenters. The van der Waals surface area contributed by atoms with E-state index in [-0.39, 0.29) is 62.3 Å². The number of benzene rings is 1. The molecule has 3 aliphatic rings. The van der Waals surface area contributed by atoms with Crippen molar-refractivity contribution in [3.05, 3.63) is 36.0 Å². The highest BCUT2D eigenvalue weighted by atomic mass is 16.5. The molecule has 1 aliphatic carbocycles. The number of anilines is 1. The fraction of sp³-hybridized carbons (Fsp3) is 0.520. The highest BCUT2D eigenvalue weighted by molar-refractivity contribution is 6.44. The molecule has 3 fully saturated rings. The van der Waals surface area contributed by atoms with Gasteiger partial charge in [0.1, 0.15) is 12.3 Å². The van der Waals surface area contributed by atoms with Gasteiger partial charge in [-0.15, -0.1) is 0 Å². The number of rotatable bonds is 10. The molecule has 1 N–H and O–H groups in total. The number of carbonyl (C=O) groups is 4. The van der Waals surface area contributed by atoms with Crippen molar-refractivity contribution in [2.45, 2.75) is 50.9 Å². The van der Waals surface area contributed by atoms with Crippen molar-refractivity contribution >= 4 is 29.4 Å². The van der Waals surface area contributed by atoms with Gasteiger partial charge < -0.3 is 24.0 Å². The molecule has 0 spiro atoms. The van der Waals surface area contributed by atoms with E-state index in [2.05, 4.69) is 10.1 Å². The first kappa shape index (κ1) is 25.8. The number of para-hydroxylation sites is 2. The van der Waals surface area contributed by atoms with Crippen LogP contribution in [-0.2, 0) is 32.1 Å². The van der Waals surface area contributed by atoms with Crippen molar-refractivity contribution in [1.29, 1.82) is 0 Å². The first-order valence-electron chi connectivity index (χ1n) is 12.6. The highest BCUT2D eigenvalue weighted by Gasteiger charge is 2.46. The molecule has 1 aromatic carbocycles. The van der Waals surface area contributed by atoms with Crippen molar-refractivity contribution < 1.29 is 38.3 Å². The first-order chi connectivity index (χ1) is 18.3. The van der Waals surface area contributed by atoms with Gasteiger partial charge in [-0.2, -0.15) is 4.98 Å². The molecule has 2 aromatic rings. The average molecular weight is 528 g/mol. The van der Waals surface area contributed by atoms with Crippen LogP contribution in [0.1, 0.15) is 37.4 Å². The number of hydrogen-bond acceptors (Lipinski definition) is 10. The first-order valence-corrected chi connectivity index (χ1v) is 12.6. The third kappa shape index (κ3) is 5.53. The number of methoxy groups -OCH3 is 1. The van der Waals surface area contributed by atoms with Gasteiger partial charge in [-0.25, -0.2) is 9.69 Å². The van der Waals surface area contributed by atoms with Gasteiger partial charge in [-0.3, -0.25) is 19.3 Å². The third-order valence-corrected chi connectivity index (χ3v) is 6.80. The fourth-order valence-electron chi connectivity index (χ4n) is 4.53. The molecule has 1 saturated carbocycles. The molecular formula is C25H29N5O8. The van der Waals surface area contributed by atoms with Gasteiger partial charge in [0.25, 0.3) is 0 Å². The van der Waals surface area contributed by atoms with E-state index >= 15 is 0 Å². The van der Waals surface area contributed by atoms with Crippen LogP contribution in [0.5, 0.6) is 5.75 Å². The van der Waals surface area contributed by atoms with E-state index in [9.17, 15) is 24.3 Å². The average Bonchev–Trinajstić information content (AvgIpc) is 3.61. The Bertz CT molecular complexity index is 1220. The minimum Gasteiger partial charge on any atom is -0.495 e. The minimum absolute atomic E-state index is 0.0603. The number of amides is 5. The van der Waals surface area contributed by atoms with E-state index in [1.54, 1.807) is 24.3 Å². The summed E-state index contributed by atoms with van der Waals surface area (Å²) in [5.74, 6) is -1.41. The van der Waals surface area contributed by atoms with E-state index < -0.39 is 23.9 Å². The zero-order chi connectivity index (χ0) is 26.8. The maximum Gasteiger partial charge on any atom is 0.334 e. The topological polar surface area (TPSA) is 156 Å². The van der Waals surface area contributed by atoms with Crippen molar-refractivity contribution in [2.75, 3.05) is 31.7 Å². The van der Waals surface area contributed by atoms with E-state index in [0.717, 1.165) is 22.6 Å². The number of aliphatic hydroxyl groups excluding tert-OH is 1. The Hall–Kier alpha value is -3.84. The molecule has 5 rings (SSSR count). The van der Waals surface area contributed by atoms with E-state index in [4.69, 9.17) is 14.0 Å². The number of carbonyl (C=O) groups excluding carboxylic acids is 4. The predicted octanol–water partition coefficient (Wildman–Crippen LogP) is 0.895. The Balaban J connectivity index is 1.28. The highest BCUT2D eigenvalue weighted by Crippen LogP contribution is 2.32. The van der Waals surface area contributed by atoms with Gasteiger partial charge >= 0.3 is 17.8 Å². The quantitative estimate of drug-likeness (QED) is 0.348. The molecule has 13 heteroatoms. The lowest BCUT2D eigenvalue weighted by Gasteiger charge is -2.32. The lowest BCUT2D eigenvalue weighted by Crippen LogP contribution is -2.42. The van der Waals surface area contributed by atoms with Crippen LogP contribution in [-0.4, -0.2) is 87.8 Å². The lowest BCUT2D eigenvalue weighted by atomic mass is 10.1. The predicted molar refractivity (Wildman–Crippen MR) is 129 cm³/mol. The molecule has 202 valence electrons. The van der Waals surface area contributed by atoms with Crippen LogP contribution in [0.3, 0.4) is 0 Å². The molecule has 0 radical (unpaired) electrons. The molecule has 2 unspecified atom stereocenters. The smallest absolute Gasteiger partial charge is 0.334 e. The number of urea groups is 1. The Morgan fingerprint density at radius 2 is 1.89 bits per heavy atom. The van der Waals surface area contributed by atoms with E-state index in [1.807, 2.05) is 0 Å². The van der Waals surface area contributed by atoms with Gasteiger partial charge in [0, 0.05) is 6.54 Å². The van der Waals surface area contributed by atoms with E-state index in [0.29, 0.717) is 24.3 Å². The van der Waals surface area contributed by atoms with E-state index in [1.165, 1.54) is 12.0 Å². The summed E-state index contributed by atoms with van der Waals surface area (Å²) < 4.78 is 16.4. The summed E-state index contributed by atoms with van der Waals surface area (Å²) in [4.78, 5) is 58.1. The summed E-state index contributed by atoms with van der Waals surface area (Å²) in [6, 6.07) is 6.37. The van der Waals surface area contributed by atoms with Crippen LogP contribution in [0.4, 0.5) is 10.5 Å². The Morgan fingerprint density at radius 1 is 1.13 bits per heavy atom. The SMILES string of the molecule is COc1ccccc1N(CC1CCC(O)CO1)C(=O)Cc1noc(CN2C(=O)C(=O)N(CC3CC3)C2=O)n1. The number of aromatic nitrogens is 2. The van der Waals surface area contributed by atoms with Crippen molar-refractivity contribution in [3.63, 3.8) is 0 Å². The Labute approximate surface area is 218 Å². The maximum absolute atomic E-state index is 13.4. The summed E-state index contributed by atoms with van der Waals surface area (Å²) in [5, 5.41) is 13.6. The second-order valence-electron chi connectivity index (χ2n) is 9.68. The summed E-state index contributed by atoms with van der Waals surface area (Å²) in [6.07, 6.45) is 1.97. The summed E-state index contributed by atoms with van der Waals surface area (Å²) in [7, 11) is 1.51. The molecule has 3 heterocycles. The molecular weight excluding hydrogens is 498 g/mol. The standard InChI is InChI=1S/C25H29N5O8/c1-36-19-5-3-2-4-18(19)28(12-17-9-8-16(31)14-37-17)22(32)10-20-26-21(38-27-20)13-30-24(34)23(33)29(25(30)35)11-15-6-7-15/h2-5,15-17,31H,6-14H2,1H3. The molecule has 5 amide bonds. The summed E-state index contributed by atoms with van der Waals surface area (Å²) >= 11 is 0. The normalized spacial score (nSPS) is 21.8. The zero-order valence-corrected chi connectivity index (χ0v) is 20.9. The van der Waals surface area contributed by atoms with Crippen molar-refractivity contribution in [2.24, 2.45) is 5.92 Å². The lowest BCUT2D eigenvalue weighted by molar-refractivity contribution is -0.143. The molecule has 38 heavy (non-hydrogen) atoms. The summed E-state index contributed by atoms with van der Waals surface area (Å²) in [5.41, 5.74) is 0.543. The van der Waals surface area contributed by atoms with Gasteiger partial charge in [0.2, 0.25) is 11.8 Å². The fourth-order valence-corrected chi connectivity index (χ4v) is 4.53. The van der Waals surface area contributed by atoms with Crippen molar-refractivity contribution in [1.82, 2.24) is 19.9 Å². The van der Waals surface area contributed by atoms with Gasteiger partial charge in [0.05, 0.1) is 44.6 Å². The van der Waals surface area contributed by atoms with Crippen LogP contribution in [0.2, 0.25) is 0 Å². The third-order valence-electron chi connectivity index (χ3n) is 6.80. The number of ether oxygens (including phenoxy) is 2. The van der Waals surface area contributed by atoms with Gasteiger partial charge in [0.15, 0.2) is 5.82 Å². The van der Waals surface area contributed by atoms with Crippen LogP contribution >= 0.6 is 0 Å². The second kappa shape index (κ2) is 10.9. The van der Waals surface area contributed by atoms with Gasteiger partial charge in [-0.05, 0) is 43.7 Å². The molecule has 2 saturated heterocycles. The number of aliphatic hydroxyl groups is 1. The largest absolute Gasteiger partial charge is 0.495 e. The van der Waals surface area contributed by atoms with Crippen LogP contribution in [0, 0.1) is 5.92 Å². The van der Waals surface area contributed by atoms with Crippen LogP contribution < -0.4 is 9.64 Å². The van der Waals surface area contributed by atoms with Crippen LogP contribution in [0.15, 0.2) is 28.8 Å². The number of imide groups is 2.